The lowest BCUT2D eigenvalue weighted by molar-refractivity contribution is 0.484. The second-order valence-corrected chi connectivity index (χ2v) is 4.62. The van der Waals surface area contributed by atoms with Crippen LogP contribution >= 0.6 is 0 Å². The fraction of sp³-hybridized carbons (Fsp3) is 0.600. The van der Waals surface area contributed by atoms with Crippen molar-refractivity contribution in [1.82, 2.24) is 5.32 Å². The van der Waals surface area contributed by atoms with E-state index in [1.807, 2.05) is 0 Å². The molecular weight excluding hydrogens is 194 g/mol. The average Bonchev–Trinajstić information content (AvgIpc) is 2.24. The van der Waals surface area contributed by atoms with Crippen LogP contribution in [0.4, 0.5) is 0 Å². The molecule has 0 radical (unpaired) electrons. The van der Waals surface area contributed by atoms with Crippen molar-refractivity contribution in [3.8, 4) is 0 Å². The van der Waals surface area contributed by atoms with Crippen molar-refractivity contribution >= 4 is 0 Å². The summed E-state index contributed by atoms with van der Waals surface area (Å²) in [5, 5.41) is 3.59. The van der Waals surface area contributed by atoms with Gasteiger partial charge in [-0.05, 0) is 49.9 Å². The van der Waals surface area contributed by atoms with Crippen molar-refractivity contribution in [1.29, 1.82) is 0 Å². The van der Waals surface area contributed by atoms with Gasteiger partial charge in [0.1, 0.15) is 0 Å². The Balaban J connectivity index is 2.76. The lowest BCUT2D eigenvalue weighted by Gasteiger charge is -2.19. The van der Waals surface area contributed by atoms with E-state index in [9.17, 15) is 0 Å². The summed E-state index contributed by atoms with van der Waals surface area (Å²) >= 11 is 0. The van der Waals surface area contributed by atoms with E-state index < -0.39 is 0 Å². The van der Waals surface area contributed by atoms with Gasteiger partial charge in [-0.1, -0.05) is 38.5 Å². The van der Waals surface area contributed by atoms with E-state index in [1.54, 1.807) is 0 Å². The predicted octanol–water partition coefficient (Wildman–Crippen LogP) is 3.62. The molecule has 1 aromatic rings. The van der Waals surface area contributed by atoms with Gasteiger partial charge >= 0.3 is 0 Å². The van der Waals surface area contributed by atoms with Crippen molar-refractivity contribution in [2.45, 2.75) is 53.0 Å². The number of likely N-dealkylation sites (N-methyl/N-ethyl adjacent to an activating group) is 1. The first kappa shape index (κ1) is 13.2. The third-order valence-electron chi connectivity index (χ3n) is 3.22. The van der Waals surface area contributed by atoms with Crippen molar-refractivity contribution < 1.29 is 0 Å². The Labute approximate surface area is 100 Å². The SMILES string of the molecule is CCCC(Cc1c(C)cccc1C)NCC. The number of rotatable bonds is 6. The van der Waals surface area contributed by atoms with Crippen LogP contribution in [0.1, 0.15) is 43.4 Å². The lowest BCUT2D eigenvalue weighted by atomic mass is 9.94. The van der Waals surface area contributed by atoms with Gasteiger partial charge in [0.15, 0.2) is 0 Å². The summed E-state index contributed by atoms with van der Waals surface area (Å²) in [6.45, 7) is 9.95. The highest BCUT2D eigenvalue weighted by Crippen LogP contribution is 2.16. The van der Waals surface area contributed by atoms with E-state index >= 15 is 0 Å². The van der Waals surface area contributed by atoms with Crippen LogP contribution in [0.15, 0.2) is 18.2 Å². The zero-order chi connectivity index (χ0) is 12.0. The molecule has 0 spiro atoms. The molecule has 1 nitrogen and oxygen atoms in total. The molecule has 1 rings (SSSR count). The molecule has 0 saturated heterocycles. The largest absolute Gasteiger partial charge is 0.314 e. The second kappa shape index (κ2) is 6.70. The van der Waals surface area contributed by atoms with Crippen molar-refractivity contribution in [2.75, 3.05) is 6.54 Å². The van der Waals surface area contributed by atoms with Crippen molar-refractivity contribution in [2.24, 2.45) is 0 Å². The molecule has 1 N–H and O–H groups in total. The molecule has 1 aromatic carbocycles. The van der Waals surface area contributed by atoms with Crippen LogP contribution < -0.4 is 5.32 Å². The summed E-state index contributed by atoms with van der Waals surface area (Å²) in [5.74, 6) is 0. The number of hydrogen-bond acceptors (Lipinski definition) is 1. The predicted molar refractivity (Wildman–Crippen MR) is 72.0 cm³/mol. The molecule has 16 heavy (non-hydrogen) atoms. The van der Waals surface area contributed by atoms with E-state index in [0.29, 0.717) is 6.04 Å². The summed E-state index contributed by atoms with van der Waals surface area (Å²) in [6, 6.07) is 7.22. The Bertz CT molecular complexity index is 291. The van der Waals surface area contributed by atoms with E-state index in [0.717, 1.165) is 6.54 Å². The van der Waals surface area contributed by atoms with E-state index in [1.165, 1.54) is 36.0 Å². The van der Waals surface area contributed by atoms with Gasteiger partial charge in [-0.15, -0.1) is 0 Å². The Hall–Kier alpha value is -0.820. The van der Waals surface area contributed by atoms with Crippen LogP contribution in [0.2, 0.25) is 0 Å². The quantitative estimate of drug-likeness (QED) is 0.770. The number of hydrogen-bond donors (Lipinski definition) is 1. The molecular formula is C15H25N. The van der Waals surface area contributed by atoms with Gasteiger partial charge in [0.25, 0.3) is 0 Å². The monoisotopic (exact) mass is 219 g/mol. The highest BCUT2D eigenvalue weighted by Gasteiger charge is 2.10. The Kier molecular flexibility index (Phi) is 5.54. The molecule has 0 bridgehead atoms. The molecule has 0 aliphatic heterocycles. The maximum absolute atomic E-state index is 3.59. The molecule has 90 valence electrons. The minimum absolute atomic E-state index is 0.634. The smallest absolute Gasteiger partial charge is 0.0107 e. The normalized spacial score (nSPS) is 12.8. The van der Waals surface area contributed by atoms with Gasteiger partial charge in [0, 0.05) is 6.04 Å². The van der Waals surface area contributed by atoms with Crippen LogP contribution in [0.3, 0.4) is 0 Å². The van der Waals surface area contributed by atoms with Gasteiger partial charge in [-0.25, -0.2) is 0 Å². The van der Waals surface area contributed by atoms with Gasteiger partial charge in [0.05, 0.1) is 0 Å². The zero-order valence-electron chi connectivity index (χ0n) is 11.1. The molecule has 0 aromatic heterocycles. The standard InChI is InChI=1S/C15H25N/c1-5-8-14(16-6-2)11-15-12(3)9-7-10-13(15)4/h7,9-10,14,16H,5-6,8,11H2,1-4H3. The van der Waals surface area contributed by atoms with Crippen LogP contribution in [-0.2, 0) is 6.42 Å². The third-order valence-corrected chi connectivity index (χ3v) is 3.22. The molecule has 0 aliphatic rings. The zero-order valence-corrected chi connectivity index (χ0v) is 11.1. The maximum atomic E-state index is 3.59. The van der Waals surface area contributed by atoms with E-state index in [4.69, 9.17) is 0 Å². The van der Waals surface area contributed by atoms with Crippen LogP contribution in [0.5, 0.6) is 0 Å². The maximum Gasteiger partial charge on any atom is 0.0107 e. The van der Waals surface area contributed by atoms with Gasteiger partial charge in [-0.3, -0.25) is 0 Å². The lowest BCUT2D eigenvalue weighted by Crippen LogP contribution is -2.31. The Morgan fingerprint density at radius 3 is 2.25 bits per heavy atom. The summed E-state index contributed by atoms with van der Waals surface area (Å²) in [7, 11) is 0. The summed E-state index contributed by atoms with van der Waals surface area (Å²) < 4.78 is 0. The highest BCUT2D eigenvalue weighted by molar-refractivity contribution is 5.34. The van der Waals surface area contributed by atoms with Crippen LogP contribution in [-0.4, -0.2) is 12.6 Å². The topological polar surface area (TPSA) is 12.0 Å². The van der Waals surface area contributed by atoms with Gasteiger partial charge in [0.2, 0.25) is 0 Å². The summed E-state index contributed by atoms with van der Waals surface area (Å²) in [4.78, 5) is 0. The number of nitrogens with one attached hydrogen (secondary N) is 1. The first-order valence-corrected chi connectivity index (χ1v) is 6.47. The Morgan fingerprint density at radius 2 is 1.75 bits per heavy atom. The van der Waals surface area contributed by atoms with Gasteiger partial charge < -0.3 is 5.32 Å². The molecule has 0 heterocycles. The summed E-state index contributed by atoms with van der Waals surface area (Å²) in [6.07, 6.45) is 3.68. The first-order valence-electron chi connectivity index (χ1n) is 6.47. The average molecular weight is 219 g/mol. The fourth-order valence-corrected chi connectivity index (χ4v) is 2.33. The molecule has 1 unspecified atom stereocenters. The minimum Gasteiger partial charge on any atom is -0.314 e. The molecule has 0 aliphatic carbocycles. The van der Waals surface area contributed by atoms with E-state index in [-0.39, 0.29) is 0 Å². The molecule has 0 amide bonds. The first-order chi connectivity index (χ1) is 7.69. The van der Waals surface area contributed by atoms with Crippen LogP contribution in [0.25, 0.3) is 0 Å². The second-order valence-electron chi connectivity index (χ2n) is 4.62. The highest BCUT2D eigenvalue weighted by atomic mass is 14.9. The summed E-state index contributed by atoms with van der Waals surface area (Å²) in [5.41, 5.74) is 4.39. The molecule has 0 saturated carbocycles. The third kappa shape index (κ3) is 3.64. The molecule has 0 fully saturated rings. The van der Waals surface area contributed by atoms with Gasteiger partial charge in [-0.2, -0.15) is 0 Å². The van der Waals surface area contributed by atoms with Crippen molar-refractivity contribution in [3.05, 3.63) is 34.9 Å². The minimum atomic E-state index is 0.634. The molecule has 1 heteroatoms. The van der Waals surface area contributed by atoms with Crippen LogP contribution in [0, 0.1) is 13.8 Å². The van der Waals surface area contributed by atoms with E-state index in [2.05, 4.69) is 51.2 Å². The van der Waals surface area contributed by atoms with Crippen molar-refractivity contribution in [3.63, 3.8) is 0 Å². The Morgan fingerprint density at radius 1 is 1.12 bits per heavy atom. The molecule has 1 atom stereocenters. The fourth-order valence-electron chi connectivity index (χ4n) is 2.33. The number of aryl methyl sites for hydroxylation is 2. The number of benzene rings is 1.